The van der Waals surface area contributed by atoms with Gasteiger partial charge in [-0.05, 0) is 24.3 Å². The summed E-state index contributed by atoms with van der Waals surface area (Å²) in [6.07, 6.45) is 0. The molecule has 0 radical (unpaired) electrons. The third-order valence-corrected chi connectivity index (χ3v) is 4.87. The molecule has 152 valence electrons. The molecule has 1 heterocycles. The zero-order valence-corrected chi connectivity index (χ0v) is 16.4. The second-order valence-corrected chi connectivity index (χ2v) is 7.09. The van der Waals surface area contributed by atoms with Crippen molar-refractivity contribution in [3.63, 3.8) is 0 Å². The minimum Gasteiger partial charge on any atom is -0.490 e. The maximum Gasteiger partial charge on any atom is 0.282 e. The number of hydrogen-bond donors (Lipinski definition) is 2. The molecule has 8 nitrogen and oxygen atoms in total. The van der Waals surface area contributed by atoms with E-state index in [4.69, 9.17) is 9.47 Å². The highest BCUT2D eigenvalue weighted by molar-refractivity contribution is 8.13. The number of hydrogen-bond acceptors (Lipinski definition) is 6. The number of carbonyl (C=O) groups excluding carboxylic acids is 3. The van der Waals surface area contributed by atoms with Crippen LogP contribution < -0.4 is 20.3 Å². The average Bonchev–Trinajstić information content (AvgIpc) is 3.15. The highest BCUT2D eigenvalue weighted by atomic mass is 32.2. The number of nitrogens with zero attached hydrogens (tertiary/aromatic N) is 1. The molecule has 1 aliphatic heterocycles. The molecule has 3 amide bonds. The maximum absolute atomic E-state index is 12.4. The minimum atomic E-state index is -0.514. The Balaban J connectivity index is 1.46. The Kier molecular flexibility index (Phi) is 7.34. The van der Waals surface area contributed by atoms with Crippen molar-refractivity contribution in [3.05, 3.63) is 60.2 Å². The summed E-state index contributed by atoms with van der Waals surface area (Å²) in [7, 11) is 0. The fraction of sp³-hybridized carbons (Fsp3) is 0.250. The van der Waals surface area contributed by atoms with Crippen LogP contribution in [0.25, 0.3) is 0 Å². The van der Waals surface area contributed by atoms with Crippen molar-refractivity contribution in [3.8, 4) is 11.5 Å². The van der Waals surface area contributed by atoms with Crippen molar-refractivity contribution in [2.24, 2.45) is 0 Å². The van der Waals surface area contributed by atoms with Crippen LogP contribution in [0.3, 0.4) is 0 Å². The van der Waals surface area contributed by atoms with Gasteiger partial charge in [-0.3, -0.25) is 25.2 Å². The number of hydrazine groups is 1. The molecule has 0 saturated carbocycles. The summed E-state index contributed by atoms with van der Waals surface area (Å²) in [6, 6.07) is 16.1. The summed E-state index contributed by atoms with van der Waals surface area (Å²) < 4.78 is 11.2. The Morgan fingerprint density at radius 2 is 1.69 bits per heavy atom. The van der Waals surface area contributed by atoms with E-state index < -0.39 is 11.8 Å². The summed E-state index contributed by atoms with van der Waals surface area (Å²) in [5.41, 5.74) is 4.95. The molecule has 2 aromatic rings. The zero-order chi connectivity index (χ0) is 20.5. The summed E-state index contributed by atoms with van der Waals surface area (Å²) >= 11 is 1.17. The second kappa shape index (κ2) is 10.4. The van der Waals surface area contributed by atoms with E-state index in [0.29, 0.717) is 24.7 Å². The molecule has 0 aromatic heterocycles. The number of ether oxygens (including phenoxy) is 2. The SMILES string of the molecule is O=C(CN1CCSC1=O)NNC(=O)c1ccccc1OCCOc1ccccc1. The van der Waals surface area contributed by atoms with Gasteiger partial charge in [-0.15, -0.1) is 0 Å². The van der Waals surface area contributed by atoms with Crippen LogP contribution in [0.15, 0.2) is 54.6 Å². The molecule has 1 aliphatic rings. The van der Waals surface area contributed by atoms with Crippen LogP contribution in [0.2, 0.25) is 0 Å². The first-order chi connectivity index (χ1) is 14.1. The minimum absolute atomic E-state index is 0.0961. The predicted molar refractivity (Wildman–Crippen MR) is 109 cm³/mol. The van der Waals surface area contributed by atoms with E-state index >= 15 is 0 Å². The van der Waals surface area contributed by atoms with Crippen molar-refractivity contribution in [1.29, 1.82) is 0 Å². The van der Waals surface area contributed by atoms with Gasteiger partial charge in [0, 0.05) is 12.3 Å². The van der Waals surface area contributed by atoms with E-state index in [1.54, 1.807) is 24.3 Å². The van der Waals surface area contributed by atoms with Gasteiger partial charge in [0.1, 0.15) is 31.3 Å². The van der Waals surface area contributed by atoms with Crippen LogP contribution in [0.1, 0.15) is 10.4 Å². The molecule has 1 saturated heterocycles. The van der Waals surface area contributed by atoms with Gasteiger partial charge in [-0.25, -0.2) is 0 Å². The maximum atomic E-state index is 12.4. The third kappa shape index (κ3) is 6.15. The molecule has 29 heavy (non-hydrogen) atoms. The number of thioether (sulfide) groups is 1. The monoisotopic (exact) mass is 415 g/mol. The van der Waals surface area contributed by atoms with E-state index in [9.17, 15) is 14.4 Å². The molecule has 1 fully saturated rings. The fourth-order valence-electron chi connectivity index (χ4n) is 2.58. The highest BCUT2D eigenvalue weighted by Gasteiger charge is 2.23. The average molecular weight is 415 g/mol. The van der Waals surface area contributed by atoms with Gasteiger partial charge in [-0.2, -0.15) is 0 Å². The molecular formula is C20H21N3O5S. The topological polar surface area (TPSA) is 97.0 Å². The predicted octanol–water partition coefficient (Wildman–Crippen LogP) is 2.07. The zero-order valence-electron chi connectivity index (χ0n) is 15.6. The van der Waals surface area contributed by atoms with Crippen molar-refractivity contribution >= 4 is 28.8 Å². The molecular weight excluding hydrogens is 394 g/mol. The molecule has 3 rings (SSSR count). The fourth-order valence-corrected chi connectivity index (χ4v) is 3.41. The Labute approximate surface area is 172 Å². The number of amides is 3. The van der Waals surface area contributed by atoms with Crippen LogP contribution in [-0.4, -0.2) is 54.0 Å². The number of nitrogens with one attached hydrogen (secondary N) is 2. The molecule has 0 spiro atoms. The lowest BCUT2D eigenvalue weighted by molar-refractivity contribution is -0.122. The first-order valence-corrected chi connectivity index (χ1v) is 10.0. The normalized spacial score (nSPS) is 13.1. The van der Waals surface area contributed by atoms with Gasteiger partial charge in [0.2, 0.25) is 0 Å². The molecule has 0 aliphatic carbocycles. The van der Waals surface area contributed by atoms with Gasteiger partial charge >= 0.3 is 0 Å². The van der Waals surface area contributed by atoms with Gasteiger partial charge < -0.3 is 14.4 Å². The lowest BCUT2D eigenvalue weighted by Crippen LogP contribution is -2.46. The van der Waals surface area contributed by atoms with Gasteiger partial charge in [0.05, 0.1) is 5.56 Å². The number of carbonyl (C=O) groups is 3. The van der Waals surface area contributed by atoms with Crippen LogP contribution in [0.5, 0.6) is 11.5 Å². The van der Waals surface area contributed by atoms with E-state index in [0.717, 1.165) is 5.75 Å². The Hall–Kier alpha value is -3.20. The first-order valence-electron chi connectivity index (χ1n) is 9.04. The molecule has 2 aromatic carbocycles. The van der Waals surface area contributed by atoms with Crippen LogP contribution in [-0.2, 0) is 4.79 Å². The van der Waals surface area contributed by atoms with Crippen molar-refractivity contribution in [1.82, 2.24) is 15.8 Å². The van der Waals surface area contributed by atoms with E-state index in [2.05, 4.69) is 10.9 Å². The summed E-state index contributed by atoms with van der Waals surface area (Å²) in [5.74, 6) is 0.794. The van der Waals surface area contributed by atoms with E-state index in [1.807, 2.05) is 30.3 Å². The van der Waals surface area contributed by atoms with Gasteiger partial charge in [-0.1, -0.05) is 42.1 Å². The van der Waals surface area contributed by atoms with E-state index in [1.165, 1.54) is 16.7 Å². The third-order valence-electron chi connectivity index (χ3n) is 3.98. The molecule has 2 N–H and O–H groups in total. The van der Waals surface area contributed by atoms with Crippen LogP contribution in [0.4, 0.5) is 4.79 Å². The Morgan fingerprint density at radius 1 is 0.966 bits per heavy atom. The molecule has 0 bridgehead atoms. The quantitative estimate of drug-likeness (QED) is 0.506. The number of benzene rings is 2. The highest BCUT2D eigenvalue weighted by Crippen LogP contribution is 2.18. The summed E-state index contributed by atoms with van der Waals surface area (Å²) in [6.45, 7) is 0.993. The van der Waals surface area contributed by atoms with Crippen molar-refractivity contribution in [2.45, 2.75) is 0 Å². The lowest BCUT2D eigenvalue weighted by Gasteiger charge is -2.15. The standard InChI is InChI=1S/C20H21N3O5S/c24-18(14-23-10-13-29-20(23)26)21-22-19(25)16-8-4-5-9-17(16)28-12-11-27-15-6-2-1-3-7-15/h1-9H,10-14H2,(H,21,24)(H,22,25). The Bertz CT molecular complexity index is 862. The number of rotatable bonds is 8. The first kappa shape index (κ1) is 20.5. The van der Waals surface area contributed by atoms with Crippen LogP contribution in [0, 0.1) is 0 Å². The van der Waals surface area contributed by atoms with Crippen molar-refractivity contribution in [2.75, 3.05) is 32.1 Å². The smallest absolute Gasteiger partial charge is 0.282 e. The largest absolute Gasteiger partial charge is 0.490 e. The molecule has 0 unspecified atom stereocenters. The van der Waals surface area contributed by atoms with E-state index in [-0.39, 0.29) is 24.0 Å². The molecule has 9 heteroatoms. The summed E-state index contributed by atoms with van der Waals surface area (Å²) in [5, 5.41) is -0.136. The number of para-hydroxylation sites is 2. The van der Waals surface area contributed by atoms with Crippen LogP contribution >= 0.6 is 11.8 Å². The summed E-state index contributed by atoms with van der Waals surface area (Å²) in [4.78, 5) is 37.3. The van der Waals surface area contributed by atoms with Crippen molar-refractivity contribution < 1.29 is 23.9 Å². The van der Waals surface area contributed by atoms with Gasteiger partial charge in [0.25, 0.3) is 17.1 Å². The lowest BCUT2D eigenvalue weighted by atomic mass is 10.2. The Morgan fingerprint density at radius 3 is 2.45 bits per heavy atom. The second-order valence-electron chi connectivity index (χ2n) is 6.04. The van der Waals surface area contributed by atoms with Gasteiger partial charge in [0.15, 0.2) is 0 Å². The molecule has 0 atom stereocenters.